The molecule has 0 unspecified atom stereocenters. The van der Waals surface area contributed by atoms with Crippen molar-refractivity contribution < 1.29 is 0 Å². The van der Waals surface area contributed by atoms with Crippen LogP contribution in [0.5, 0.6) is 0 Å². The molecule has 0 aliphatic rings. The number of anilines is 4. The van der Waals surface area contributed by atoms with E-state index in [1.54, 1.807) is 0 Å². The zero-order valence-corrected chi connectivity index (χ0v) is 9.89. The first kappa shape index (κ1) is 11.5. The van der Waals surface area contributed by atoms with Gasteiger partial charge in [0.15, 0.2) is 0 Å². The minimum atomic E-state index is 0.753. The van der Waals surface area contributed by atoms with Crippen molar-refractivity contribution in [1.82, 2.24) is 0 Å². The minimum absolute atomic E-state index is 0.753. The molecule has 0 aliphatic heterocycles. The Kier molecular flexibility index (Phi) is 3.29. The van der Waals surface area contributed by atoms with Crippen molar-refractivity contribution in [2.24, 2.45) is 0 Å². The highest BCUT2D eigenvalue weighted by molar-refractivity contribution is 5.86. The summed E-state index contributed by atoms with van der Waals surface area (Å²) in [5.74, 6) is 0. The van der Waals surface area contributed by atoms with Gasteiger partial charge < -0.3 is 21.7 Å². The number of rotatable bonds is 3. The van der Waals surface area contributed by atoms with Crippen LogP contribution in [0.2, 0.25) is 0 Å². The minimum Gasteiger partial charge on any atom is -0.397 e. The lowest BCUT2D eigenvalue weighted by atomic mass is 10.0. The SMILES string of the molecule is CCc1c(N)c(NC)cc(N(C)C)c1N. The maximum absolute atomic E-state index is 6.07. The molecule has 0 saturated heterocycles. The zero-order chi connectivity index (χ0) is 11.6. The van der Waals surface area contributed by atoms with Crippen molar-refractivity contribution >= 4 is 22.7 Å². The van der Waals surface area contributed by atoms with Crippen LogP contribution in [-0.4, -0.2) is 21.1 Å². The van der Waals surface area contributed by atoms with Gasteiger partial charge in [0.1, 0.15) is 0 Å². The van der Waals surface area contributed by atoms with Crippen molar-refractivity contribution in [3.05, 3.63) is 11.6 Å². The largest absolute Gasteiger partial charge is 0.397 e. The molecular formula is C11H20N4. The fraction of sp³-hybridized carbons (Fsp3) is 0.455. The molecule has 0 atom stereocenters. The molecule has 0 radical (unpaired) electrons. The first-order valence-corrected chi connectivity index (χ1v) is 5.08. The average molecular weight is 208 g/mol. The van der Waals surface area contributed by atoms with E-state index in [1.165, 1.54) is 0 Å². The van der Waals surface area contributed by atoms with Crippen LogP contribution < -0.4 is 21.7 Å². The van der Waals surface area contributed by atoms with Gasteiger partial charge in [-0.3, -0.25) is 0 Å². The van der Waals surface area contributed by atoms with Crippen LogP contribution in [-0.2, 0) is 6.42 Å². The fourth-order valence-electron chi connectivity index (χ4n) is 1.71. The molecular weight excluding hydrogens is 188 g/mol. The molecule has 0 heterocycles. The summed E-state index contributed by atoms with van der Waals surface area (Å²) in [7, 11) is 5.81. The summed E-state index contributed by atoms with van der Waals surface area (Å²) in [6.45, 7) is 2.06. The Morgan fingerprint density at radius 1 is 1.27 bits per heavy atom. The first-order chi connectivity index (χ1) is 7.02. The number of nitrogens with zero attached hydrogens (tertiary/aromatic N) is 1. The molecule has 15 heavy (non-hydrogen) atoms. The molecule has 0 saturated carbocycles. The molecule has 0 aliphatic carbocycles. The summed E-state index contributed by atoms with van der Waals surface area (Å²) in [5, 5.41) is 3.09. The van der Waals surface area contributed by atoms with Gasteiger partial charge in [0.25, 0.3) is 0 Å². The Balaban J connectivity index is 3.44. The third kappa shape index (κ3) is 1.93. The summed E-state index contributed by atoms with van der Waals surface area (Å²) in [5.41, 5.74) is 16.6. The molecule has 84 valence electrons. The number of benzene rings is 1. The summed E-state index contributed by atoms with van der Waals surface area (Å²) >= 11 is 0. The lowest BCUT2D eigenvalue weighted by Crippen LogP contribution is -2.14. The molecule has 0 bridgehead atoms. The number of hydrogen-bond donors (Lipinski definition) is 3. The molecule has 5 N–H and O–H groups in total. The summed E-state index contributed by atoms with van der Waals surface area (Å²) in [6, 6.07) is 1.98. The van der Waals surface area contributed by atoms with Gasteiger partial charge in [-0.05, 0) is 12.5 Å². The van der Waals surface area contributed by atoms with E-state index in [1.807, 2.05) is 32.1 Å². The van der Waals surface area contributed by atoms with Gasteiger partial charge >= 0.3 is 0 Å². The number of nitrogens with two attached hydrogens (primary N) is 2. The third-order valence-electron chi connectivity index (χ3n) is 2.60. The van der Waals surface area contributed by atoms with Crippen LogP contribution in [0.4, 0.5) is 22.7 Å². The Labute approximate surface area is 91.2 Å². The molecule has 1 aromatic carbocycles. The second kappa shape index (κ2) is 4.29. The van der Waals surface area contributed by atoms with Crippen molar-refractivity contribution in [2.75, 3.05) is 42.8 Å². The lowest BCUT2D eigenvalue weighted by Gasteiger charge is -2.21. The quantitative estimate of drug-likeness (QED) is 0.659. The molecule has 0 aromatic heterocycles. The maximum Gasteiger partial charge on any atom is 0.0619 e. The number of hydrogen-bond acceptors (Lipinski definition) is 4. The highest BCUT2D eigenvalue weighted by Gasteiger charge is 2.13. The molecule has 0 spiro atoms. The topological polar surface area (TPSA) is 67.3 Å². The van der Waals surface area contributed by atoms with E-state index in [0.29, 0.717) is 0 Å². The van der Waals surface area contributed by atoms with Crippen molar-refractivity contribution in [3.63, 3.8) is 0 Å². The molecule has 0 amide bonds. The number of nitrogens with one attached hydrogen (secondary N) is 1. The second-order valence-corrected chi connectivity index (χ2v) is 3.75. The van der Waals surface area contributed by atoms with E-state index >= 15 is 0 Å². The zero-order valence-electron chi connectivity index (χ0n) is 9.89. The molecule has 1 aromatic rings. The van der Waals surface area contributed by atoms with Gasteiger partial charge in [0.05, 0.1) is 22.7 Å². The van der Waals surface area contributed by atoms with Crippen molar-refractivity contribution in [1.29, 1.82) is 0 Å². The standard InChI is InChI=1S/C11H20N4/c1-5-7-10(12)8(14-2)6-9(11(7)13)15(3)4/h6,14H,5,12-13H2,1-4H3. The number of nitrogen functional groups attached to an aromatic ring is 2. The summed E-state index contributed by atoms with van der Waals surface area (Å²) in [4.78, 5) is 1.99. The summed E-state index contributed by atoms with van der Waals surface area (Å²) < 4.78 is 0. The van der Waals surface area contributed by atoms with Crippen LogP contribution in [0.15, 0.2) is 6.07 Å². The van der Waals surface area contributed by atoms with Crippen LogP contribution in [0.1, 0.15) is 12.5 Å². The van der Waals surface area contributed by atoms with Gasteiger partial charge in [0.2, 0.25) is 0 Å². The van der Waals surface area contributed by atoms with E-state index in [4.69, 9.17) is 11.5 Å². The molecule has 0 fully saturated rings. The normalized spacial score (nSPS) is 10.1. The molecule has 4 nitrogen and oxygen atoms in total. The van der Waals surface area contributed by atoms with Crippen LogP contribution >= 0.6 is 0 Å². The summed E-state index contributed by atoms with van der Waals surface area (Å²) in [6.07, 6.45) is 0.841. The van der Waals surface area contributed by atoms with Gasteiger partial charge in [-0.2, -0.15) is 0 Å². The Morgan fingerprint density at radius 2 is 1.87 bits per heavy atom. The van der Waals surface area contributed by atoms with E-state index in [9.17, 15) is 0 Å². The van der Waals surface area contributed by atoms with Crippen LogP contribution in [0.3, 0.4) is 0 Å². The van der Waals surface area contributed by atoms with Gasteiger partial charge in [0, 0.05) is 26.7 Å². The van der Waals surface area contributed by atoms with Gasteiger partial charge in [-0.25, -0.2) is 0 Å². The van der Waals surface area contributed by atoms with E-state index < -0.39 is 0 Å². The maximum atomic E-state index is 6.07. The van der Waals surface area contributed by atoms with E-state index in [2.05, 4.69) is 12.2 Å². The predicted molar refractivity (Wildman–Crippen MR) is 68.5 cm³/mol. The van der Waals surface area contributed by atoms with E-state index in [-0.39, 0.29) is 0 Å². The van der Waals surface area contributed by atoms with Gasteiger partial charge in [-0.1, -0.05) is 6.92 Å². The predicted octanol–water partition coefficient (Wildman–Crippen LogP) is 1.52. The smallest absolute Gasteiger partial charge is 0.0619 e. The van der Waals surface area contributed by atoms with Crippen LogP contribution in [0.25, 0.3) is 0 Å². The highest BCUT2D eigenvalue weighted by Crippen LogP contribution is 2.36. The Morgan fingerprint density at radius 3 is 2.27 bits per heavy atom. The average Bonchev–Trinajstić information content (AvgIpc) is 2.18. The highest BCUT2D eigenvalue weighted by atomic mass is 15.1. The van der Waals surface area contributed by atoms with Crippen LogP contribution in [0, 0.1) is 0 Å². The molecule has 4 heteroatoms. The molecule has 1 rings (SSSR count). The second-order valence-electron chi connectivity index (χ2n) is 3.75. The van der Waals surface area contributed by atoms with Gasteiger partial charge in [-0.15, -0.1) is 0 Å². The monoisotopic (exact) mass is 208 g/mol. The van der Waals surface area contributed by atoms with Crippen molar-refractivity contribution in [3.8, 4) is 0 Å². The third-order valence-corrected chi connectivity index (χ3v) is 2.60. The Bertz CT molecular complexity index is 358. The van der Waals surface area contributed by atoms with E-state index in [0.717, 1.165) is 34.7 Å². The first-order valence-electron chi connectivity index (χ1n) is 5.08. The Hall–Kier alpha value is -1.58. The van der Waals surface area contributed by atoms with Crippen molar-refractivity contribution in [2.45, 2.75) is 13.3 Å². The lowest BCUT2D eigenvalue weighted by molar-refractivity contribution is 1.10. The fourth-order valence-corrected chi connectivity index (χ4v) is 1.71.